The van der Waals surface area contributed by atoms with E-state index in [9.17, 15) is 14.4 Å². The van der Waals surface area contributed by atoms with Gasteiger partial charge < -0.3 is 9.47 Å². The van der Waals surface area contributed by atoms with Gasteiger partial charge in [-0.3, -0.25) is 14.4 Å². The summed E-state index contributed by atoms with van der Waals surface area (Å²) in [7, 11) is 0. The fraction of sp³-hybridized carbons (Fsp3) is 0.435. The van der Waals surface area contributed by atoms with Crippen LogP contribution in [-0.4, -0.2) is 30.2 Å². The molecule has 0 bridgehead atoms. The van der Waals surface area contributed by atoms with Gasteiger partial charge in [0.15, 0.2) is 0 Å². The lowest BCUT2D eigenvalue weighted by molar-refractivity contribution is -0.148. The smallest absolute Gasteiger partial charge is 0.309 e. The van der Waals surface area contributed by atoms with Crippen LogP contribution < -0.4 is 4.74 Å². The maximum Gasteiger partial charge on any atom is 0.309 e. The van der Waals surface area contributed by atoms with Crippen molar-refractivity contribution in [1.29, 1.82) is 0 Å². The average Bonchev–Trinajstić information content (AvgIpc) is 2.86. The second kappa shape index (κ2) is 9.49. The number of carbonyl (C=O) groups excluding carboxylic acids is 3. The molecular weight excluding hydrogens is 356 g/mol. The van der Waals surface area contributed by atoms with Crippen molar-refractivity contribution in [2.75, 3.05) is 6.61 Å². The Kier molecular flexibility index (Phi) is 7.32. The number of Topliss-reactive ketones (excluding diaryl/α,β-unsaturated/α-hetero) is 2. The number of hydrogen-bond acceptors (Lipinski definition) is 5. The Morgan fingerprint density at radius 3 is 2.39 bits per heavy atom. The van der Waals surface area contributed by atoms with Crippen molar-refractivity contribution in [1.82, 2.24) is 0 Å². The zero-order chi connectivity index (χ0) is 20.8. The minimum absolute atomic E-state index is 0.244. The molecule has 0 aliphatic heterocycles. The highest BCUT2D eigenvalue weighted by molar-refractivity contribution is 6.29. The van der Waals surface area contributed by atoms with Gasteiger partial charge in [-0.05, 0) is 57.9 Å². The van der Waals surface area contributed by atoms with Crippen molar-refractivity contribution < 1.29 is 23.9 Å². The van der Waals surface area contributed by atoms with Crippen LogP contribution >= 0.6 is 0 Å². The normalized spacial score (nSPS) is 16.2. The van der Waals surface area contributed by atoms with E-state index in [2.05, 4.69) is 26.8 Å². The van der Waals surface area contributed by atoms with Crippen molar-refractivity contribution in [2.24, 2.45) is 5.92 Å². The van der Waals surface area contributed by atoms with E-state index in [1.807, 2.05) is 6.08 Å². The number of ketones is 2. The molecule has 1 aromatic rings. The van der Waals surface area contributed by atoms with Crippen LogP contribution in [0.1, 0.15) is 68.2 Å². The molecule has 150 valence electrons. The standard InChI is InChI=1S/C23H28O5/c1-14(2)7-6-8-16(5)11-12-27-17-9-10-18-19(13-17)21(25)22(20(18)24)28-23(26)15(3)4/h7,9-11,13,15,22H,6,8,12H2,1-5H3/b16-11+. The van der Waals surface area contributed by atoms with E-state index in [4.69, 9.17) is 9.47 Å². The molecule has 5 heteroatoms. The first-order valence-electron chi connectivity index (χ1n) is 9.55. The monoisotopic (exact) mass is 384 g/mol. The van der Waals surface area contributed by atoms with E-state index < -0.39 is 29.6 Å². The lowest BCUT2D eigenvalue weighted by Gasteiger charge is -2.10. The number of fused-ring (bicyclic) bond motifs is 1. The maximum absolute atomic E-state index is 12.5. The van der Waals surface area contributed by atoms with Crippen LogP contribution in [0.2, 0.25) is 0 Å². The molecule has 0 radical (unpaired) electrons. The molecule has 0 aromatic heterocycles. The first-order valence-corrected chi connectivity index (χ1v) is 9.55. The minimum atomic E-state index is -1.38. The second-order valence-corrected chi connectivity index (χ2v) is 7.59. The third kappa shape index (κ3) is 5.41. The third-order valence-corrected chi connectivity index (χ3v) is 4.48. The van der Waals surface area contributed by atoms with Crippen LogP contribution in [0.5, 0.6) is 5.75 Å². The number of benzene rings is 1. The minimum Gasteiger partial charge on any atom is -0.490 e. The molecule has 1 atom stereocenters. The Morgan fingerprint density at radius 2 is 1.75 bits per heavy atom. The third-order valence-electron chi connectivity index (χ3n) is 4.48. The Morgan fingerprint density at radius 1 is 1.07 bits per heavy atom. The van der Waals surface area contributed by atoms with E-state index in [1.165, 1.54) is 11.1 Å². The van der Waals surface area contributed by atoms with E-state index in [0.29, 0.717) is 12.4 Å². The van der Waals surface area contributed by atoms with Crippen molar-refractivity contribution >= 4 is 17.5 Å². The zero-order valence-corrected chi connectivity index (χ0v) is 17.2. The summed E-state index contributed by atoms with van der Waals surface area (Å²) < 4.78 is 10.8. The van der Waals surface area contributed by atoms with Crippen molar-refractivity contribution in [2.45, 2.75) is 53.6 Å². The summed E-state index contributed by atoms with van der Waals surface area (Å²) in [6.45, 7) is 9.90. The fourth-order valence-electron chi connectivity index (χ4n) is 2.76. The van der Waals surface area contributed by atoms with Crippen LogP contribution in [-0.2, 0) is 9.53 Å². The number of esters is 1. The Labute approximate surface area is 166 Å². The highest BCUT2D eigenvalue weighted by Gasteiger charge is 2.42. The van der Waals surface area contributed by atoms with E-state index in [-0.39, 0.29) is 11.1 Å². The van der Waals surface area contributed by atoms with Gasteiger partial charge >= 0.3 is 5.97 Å². The number of allylic oxidation sites excluding steroid dienone is 3. The Bertz CT molecular complexity index is 825. The number of ether oxygens (including phenoxy) is 2. The van der Waals surface area contributed by atoms with Crippen LogP contribution in [0.4, 0.5) is 0 Å². The summed E-state index contributed by atoms with van der Waals surface area (Å²) >= 11 is 0. The van der Waals surface area contributed by atoms with Gasteiger partial charge in [-0.1, -0.05) is 31.1 Å². The fourth-order valence-corrected chi connectivity index (χ4v) is 2.76. The molecule has 0 spiro atoms. The molecule has 1 aromatic carbocycles. The molecule has 5 nitrogen and oxygen atoms in total. The topological polar surface area (TPSA) is 69.7 Å². The summed E-state index contributed by atoms with van der Waals surface area (Å²) in [4.78, 5) is 36.6. The Balaban J connectivity index is 2.00. The summed E-state index contributed by atoms with van der Waals surface area (Å²) in [6.07, 6.45) is 4.79. The first kappa shape index (κ1) is 21.6. The number of hydrogen-bond donors (Lipinski definition) is 0. The molecule has 28 heavy (non-hydrogen) atoms. The summed E-state index contributed by atoms with van der Waals surface area (Å²) in [5.41, 5.74) is 3.05. The molecule has 1 aliphatic carbocycles. The van der Waals surface area contributed by atoms with Crippen LogP contribution in [0.25, 0.3) is 0 Å². The molecular formula is C23H28O5. The Hall–Kier alpha value is -2.69. The molecule has 1 unspecified atom stereocenters. The van der Waals surface area contributed by atoms with Crippen molar-refractivity contribution in [3.8, 4) is 5.75 Å². The summed E-state index contributed by atoms with van der Waals surface area (Å²) in [5, 5.41) is 0. The molecule has 0 N–H and O–H groups in total. The van der Waals surface area contributed by atoms with Crippen LogP contribution in [0.15, 0.2) is 41.5 Å². The van der Waals surface area contributed by atoms with Gasteiger partial charge in [0.05, 0.1) is 5.92 Å². The SMILES string of the molecule is CC(C)=CCC/C(C)=C/COc1ccc2c(c1)C(=O)C(OC(=O)C(C)C)C2=O. The van der Waals surface area contributed by atoms with E-state index >= 15 is 0 Å². The lowest BCUT2D eigenvalue weighted by atomic mass is 10.1. The maximum atomic E-state index is 12.5. The largest absolute Gasteiger partial charge is 0.490 e. The second-order valence-electron chi connectivity index (χ2n) is 7.59. The van der Waals surface area contributed by atoms with Gasteiger partial charge in [-0.2, -0.15) is 0 Å². The number of rotatable bonds is 8. The quantitative estimate of drug-likeness (QED) is 0.369. The van der Waals surface area contributed by atoms with E-state index in [1.54, 1.807) is 32.0 Å². The predicted molar refractivity (Wildman–Crippen MR) is 108 cm³/mol. The highest BCUT2D eigenvalue weighted by atomic mass is 16.6. The van der Waals surface area contributed by atoms with Crippen LogP contribution in [0, 0.1) is 5.92 Å². The van der Waals surface area contributed by atoms with Crippen molar-refractivity contribution in [3.05, 3.63) is 52.6 Å². The molecule has 0 heterocycles. The summed E-state index contributed by atoms with van der Waals surface area (Å²) in [6, 6.07) is 4.76. The first-order chi connectivity index (χ1) is 13.2. The van der Waals surface area contributed by atoms with Gasteiger partial charge in [-0.15, -0.1) is 0 Å². The van der Waals surface area contributed by atoms with Gasteiger partial charge in [0, 0.05) is 11.1 Å². The molecule has 2 rings (SSSR count). The lowest BCUT2D eigenvalue weighted by Crippen LogP contribution is -2.30. The molecule has 0 fully saturated rings. The van der Waals surface area contributed by atoms with E-state index in [0.717, 1.165) is 12.8 Å². The highest BCUT2D eigenvalue weighted by Crippen LogP contribution is 2.28. The molecule has 1 aliphatic rings. The van der Waals surface area contributed by atoms with Gasteiger partial charge in [0.2, 0.25) is 17.7 Å². The average molecular weight is 384 g/mol. The molecule has 0 saturated carbocycles. The number of carbonyl (C=O) groups is 3. The van der Waals surface area contributed by atoms with Crippen molar-refractivity contribution in [3.63, 3.8) is 0 Å². The molecule has 0 amide bonds. The van der Waals surface area contributed by atoms with Gasteiger partial charge in [0.1, 0.15) is 12.4 Å². The van der Waals surface area contributed by atoms with Gasteiger partial charge in [-0.25, -0.2) is 0 Å². The summed E-state index contributed by atoms with van der Waals surface area (Å²) in [5.74, 6) is -1.44. The zero-order valence-electron chi connectivity index (χ0n) is 17.2. The molecule has 0 saturated heterocycles. The van der Waals surface area contributed by atoms with Gasteiger partial charge in [0.25, 0.3) is 0 Å². The predicted octanol–water partition coefficient (Wildman–Crippen LogP) is 4.70. The van der Waals surface area contributed by atoms with Crippen LogP contribution in [0.3, 0.4) is 0 Å².